The lowest BCUT2D eigenvalue weighted by Gasteiger charge is -2.16. The molecule has 0 bridgehead atoms. The average Bonchev–Trinajstić information content (AvgIpc) is 3.11. The minimum absolute atomic E-state index is 0.549. The molecule has 0 spiro atoms. The maximum Gasteiger partial charge on any atom is 0.0408 e. The minimum Gasteiger partial charge on any atom is -0.313 e. The van der Waals surface area contributed by atoms with Crippen LogP contribution in [0.15, 0.2) is 24.3 Å². The monoisotopic (exact) mass is 235 g/mol. The molecular formula is C14H18ClN. The summed E-state index contributed by atoms with van der Waals surface area (Å²) in [7, 11) is 0. The quantitative estimate of drug-likeness (QED) is 0.825. The van der Waals surface area contributed by atoms with E-state index >= 15 is 0 Å². The highest BCUT2D eigenvalue weighted by Gasteiger charge is 2.43. The number of hydrogen-bond acceptors (Lipinski definition) is 1. The predicted molar refractivity (Wildman–Crippen MR) is 67.8 cm³/mol. The van der Waals surface area contributed by atoms with Crippen LogP contribution in [0.1, 0.15) is 31.2 Å². The number of halogens is 1. The third kappa shape index (κ3) is 2.58. The Labute approximate surface area is 102 Å². The van der Waals surface area contributed by atoms with Gasteiger partial charge >= 0.3 is 0 Å². The molecule has 0 unspecified atom stereocenters. The summed E-state index contributed by atoms with van der Waals surface area (Å²) < 4.78 is 0. The molecule has 0 aliphatic heterocycles. The van der Waals surface area contributed by atoms with E-state index in [4.69, 9.17) is 11.6 Å². The van der Waals surface area contributed by atoms with Crippen LogP contribution in [0, 0.1) is 5.41 Å². The van der Waals surface area contributed by atoms with Crippen LogP contribution in [0.5, 0.6) is 0 Å². The van der Waals surface area contributed by atoms with Gasteiger partial charge in [0.15, 0.2) is 0 Å². The SMILES string of the molecule is Clc1cccc(CC2(CNC3CC3)CC2)c1. The molecule has 2 fully saturated rings. The molecule has 86 valence electrons. The van der Waals surface area contributed by atoms with Crippen molar-refractivity contribution in [3.8, 4) is 0 Å². The fourth-order valence-electron chi connectivity index (χ4n) is 2.32. The molecule has 0 aromatic heterocycles. The maximum absolute atomic E-state index is 6.02. The predicted octanol–water partition coefficient (Wildman–Crippen LogP) is 3.41. The van der Waals surface area contributed by atoms with E-state index < -0.39 is 0 Å². The Balaban J connectivity index is 1.60. The molecule has 16 heavy (non-hydrogen) atoms. The van der Waals surface area contributed by atoms with Gasteiger partial charge in [-0.05, 0) is 55.2 Å². The largest absolute Gasteiger partial charge is 0.313 e. The molecule has 0 radical (unpaired) electrons. The molecule has 0 heterocycles. The standard InChI is InChI=1S/C14H18ClN/c15-12-3-1-2-11(8-12)9-14(6-7-14)10-16-13-4-5-13/h1-3,8,13,16H,4-7,9-10H2. The second kappa shape index (κ2) is 4.05. The van der Waals surface area contributed by atoms with Gasteiger partial charge in [0.05, 0.1) is 0 Å². The van der Waals surface area contributed by atoms with E-state index in [1.165, 1.54) is 44.2 Å². The van der Waals surface area contributed by atoms with Crippen molar-refractivity contribution in [3.05, 3.63) is 34.9 Å². The first-order chi connectivity index (χ1) is 7.76. The summed E-state index contributed by atoms with van der Waals surface area (Å²) in [6, 6.07) is 9.15. The van der Waals surface area contributed by atoms with E-state index in [0.717, 1.165) is 11.1 Å². The zero-order chi connectivity index (χ0) is 11.0. The van der Waals surface area contributed by atoms with E-state index in [2.05, 4.69) is 23.5 Å². The summed E-state index contributed by atoms with van der Waals surface area (Å²) in [5, 5.41) is 4.53. The second-order valence-electron chi connectivity index (χ2n) is 5.46. The first-order valence-electron chi connectivity index (χ1n) is 6.24. The number of benzene rings is 1. The summed E-state index contributed by atoms with van der Waals surface area (Å²) in [5.41, 5.74) is 1.94. The first-order valence-corrected chi connectivity index (χ1v) is 6.61. The molecule has 2 aliphatic carbocycles. The van der Waals surface area contributed by atoms with Crippen molar-refractivity contribution >= 4 is 11.6 Å². The second-order valence-corrected chi connectivity index (χ2v) is 5.90. The lowest BCUT2D eigenvalue weighted by atomic mass is 9.96. The van der Waals surface area contributed by atoms with Gasteiger partial charge in [-0.1, -0.05) is 23.7 Å². The van der Waals surface area contributed by atoms with Crippen LogP contribution in [0.2, 0.25) is 5.02 Å². The van der Waals surface area contributed by atoms with Gasteiger partial charge in [0.1, 0.15) is 0 Å². The first kappa shape index (κ1) is 10.6. The van der Waals surface area contributed by atoms with Crippen LogP contribution < -0.4 is 5.32 Å². The highest BCUT2D eigenvalue weighted by atomic mass is 35.5. The Morgan fingerprint density at radius 2 is 2.12 bits per heavy atom. The van der Waals surface area contributed by atoms with Crippen LogP contribution in [0.25, 0.3) is 0 Å². The van der Waals surface area contributed by atoms with Crippen LogP contribution in [-0.4, -0.2) is 12.6 Å². The molecule has 2 saturated carbocycles. The van der Waals surface area contributed by atoms with E-state index in [1.54, 1.807) is 0 Å². The third-order valence-corrected chi connectivity index (χ3v) is 4.00. The normalized spacial score (nSPS) is 22.1. The van der Waals surface area contributed by atoms with Gasteiger partial charge in [-0.15, -0.1) is 0 Å². The lowest BCUT2D eigenvalue weighted by molar-refractivity contribution is 0.453. The van der Waals surface area contributed by atoms with E-state index in [-0.39, 0.29) is 0 Å². The van der Waals surface area contributed by atoms with Crippen LogP contribution >= 0.6 is 11.6 Å². The highest BCUT2D eigenvalue weighted by Crippen LogP contribution is 2.48. The number of rotatable bonds is 5. The fourth-order valence-corrected chi connectivity index (χ4v) is 2.53. The Morgan fingerprint density at radius 1 is 1.31 bits per heavy atom. The van der Waals surface area contributed by atoms with E-state index in [1.807, 2.05) is 6.07 Å². The molecule has 1 aromatic rings. The molecule has 3 rings (SSSR count). The lowest BCUT2D eigenvalue weighted by Crippen LogP contribution is -2.27. The molecule has 2 heteroatoms. The summed E-state index contributed by atoms with van der Waals surface area (Å²) in [5.74, 6) is 0. The molecule has 0 amide bonds. The van der Waals surface area contributed by atoms with Crippen LogP contribution in [0.3, 0.4) is 0 Å². The van der Waals surface area contributed by atoms with Crippen molar-refractivity contribution in [2.45, 2.75) is 38.1 Å². The van der Waals surface area contributed by atoms with Crippen LogP contribution in [0.4, 0.5) is 0 Å². The Bertz CT molecular complexity index is 380. The smallest absolute Gasteiger partial charge is 0.0408 e. The van der Waals surface area contributed by atoms with Crippen molar-refractivity contribution in [3.63, 3.8) is 0 Å². The molecule has 0 atom stereocenters. The van der Waals surface area contributed by atoms with Gasteiger partial charge in [-0.3, -0.25) is 0 Å². The third-order valence-electron chi connectivity index (χ3n) is 3.77. The van der Waals surface area contributed by atoms with Gasteiger partial charge in [0.2, 0.25) is 0 Å². The molecule has 1 aromatic carbocycles. The number of hydrogen-bond donors (Lipinski definition) is 1. The van der Waals surface area contributed by atoms with Gasteiger partial charge in [0, 0.05) is 17.6 Å². The zero-order valence-corrected chi connectivity index (χ0v) is 10.3. The van der Waals surface area contributed by atoms with Gasteiger partial charge in [-0.25, -0.2) is 0 Å². The summed E-state index contributed by atoms with van der Waals surface area (Å²) in [4.78, 5) is 0. The molecular weight excluding hydrogens is 218 g/mol. The van der Waals surface area contributed by atoms with E-state index in [9.17, 15) is 0 Å². The Hall–Kier alpha value is -0.530. The zero-order valence-electron chi connectivity index (χ0n) is 9.51. The Morgan fingerprint density at radius 3 is 2.75 bits per heavy atom. The van der Waals surface area contributed by atoms with E-state index in [0.29, 0.717) is 5.41 Å². The highest BCUT2D eigenvalue weighted by molar-refractivity contribution is 6.30. The fraction of sp³-hybridized carbons (Fsp3) is 0.571. The van der Waals surface area contributed by atoms with Crippen molar-refractivity contribution < 1.29 is 0 Å². The number of nitrogens with one attached hydrogen (secondary N) is 1. The Kier molecular flexibility index (Phi) is 2.68. The van der Waals surface area contributed by atoms with Crippen LogP contribution in [-0.2, 0) is 6.42 Å². The topological polar surface area (TPSA) is 12.0 Å². The minimum atomic E-state index is 0.549. The van der Waals surface area contributed by atoms with Gasteiger partial charge < -0.3 is 5.32 Å². The average molecular weight is 236 g/mol. The summed E-state index contributed by atoms with van der Waals surface area (Å²) in [6.45, 7) is 1.20. The summed E-state index contributed by atoms with van der Waals surface area (Å²) in [6.07, 6.45) is 6.70. The molecule has 1 N–H and O–H groups in total. The molecule has 2 aliphatic rings. The van der Waals surface area contributed by atoms with Crippen molar-refractivity contribution in [2.75, 3.05) is 6.54 Å². The molecule has 1 nitrogen and oxygen atoms in total. The molecule has 0 saturated heterocycles. The van der Waals surface area contributed by atoms with Crippen molar-refractivity contribution in [1.29, 1.82) is 0 Å². The summed E-state index contributed by atoms with van der Waals surface area (Å²) >= 11 is 6.02. The van der Waals surface area contributed by atoms with Gasteiger partial charge in [-0.2, -0.15) is 0 Å². The van der Waals surface area contributed by atoms with Crippen molar-refractivity contribution in [2.24, 2.45) is 5.41 Å². The van der Waals surface area contributed by atoms with Gasteiger partial charge in [0.25, 0.3) is 0 Å². The maximum atomic E-state index is 6.02. The van der Waals surface area contributed by atoms with Crippen molar-refractivity contribution in [1.82, 2.24) is 5.32 Å².